The van der Waals surface area contributed by atoms with Crippen LogP contribution < -0.4 is 4.74 Å². The van der Waals surface area contributed by atoms with Crippen molar-refractivity contribution in [1.29, 1.82) is 0 Å². The standard InChI is InChI=1S/C27H30N4O4/c1-35-22-5-6-25-24(16-22)23(9-12-29-25)26(32)7-4-19-10-14-31(17-20(19)15-27(33)34)13-2-3-21-8-11-28-18-30-21/h5-6,8-9,11-12,16,18-20,26,32H,4,7,10,13-15,17H2,1H3,(H,33,34)/t19-,20+,26-/m1/s1. The maximum Gasteiger partial charge on any atom is 0.303 e. The molecule has 0 spiro atoms. The predicted molar refractivity (Wildman–Crippen MR) is 132 cm³/mol. The second-order valence-corrected chi connectivity index (χ2v) is 8.91. The molecule has 2 aromatic heterocycles. The number of aliphatic carboxylic acids is 1. The average Bonchev–Trinajstić information content (AvgIpc) is 2.87. The van der Waals surface area contributed by atoms with Crippen molar-refractivity contribution in [1.82, 2.24) is 19.9 Å². The number of likely N-dealkylation sites (tertiary alicyclic amines) is 1. The fourth-order valence-corrected chi connectivity index (χ4v) is 4.83. The van der Waals surface area contributed by atoms with E-state index in [2.05, 4.69) is 31.7 Å². The lowest BCUT2D eigenvalue weighted by atomic mass is 9.79. The van der Waals surface area contributed by atoms with E-state index >= 15 is 0 Å². The summed E-state index contributed by atoms with van der Waals surface area (Å²) in [6.45, 7) is 2.10. The molecule has 3 atom stereocenters. The highest BCUT2D eigenvalue weighted by Crippen LogP contribution is 2.34. The van der Waals surface area contributed by atoms with Crippen LogP contribution >= 0.6 is 0 Å². The van der Waals surface area contributed by atoms with Crippen molar-refractivity contribution in [3.63, 3.8) is 0 Å². The van der Waals surface area contributed by atoms with E-state index in [1.165, 1.54) is 6.33 Å². The van der Waals surface area contributed by atoms with E-state index in [9.17, 15) is 15.0 Å². The summed E-state index contributed by atoms with van der Waals surface area (Å²) >= 11 is 0. The Hall–Kier alpha value is -3.54. The maximum absolute atomic E-state index is 11.6. The zero-order valence-electron chi connectivity index (χ0n) is 19.8. The van der Waals surface area contributed by atoms with E-state index in [0.717, 1.165) is 41.6 Å². The molecule has 0 radical (unpaired) electrons. The molecule has 0 unspecified atom stereocenters. The first-order chi connectivity index (χ1) is 17.0. The van der Waals surface area contributed by atoms with Gasteiger partial charge in [-0.25, -0.2) is 9.97 Å². The SMILES string of the molecule is COc1ccc2nccc([C@H](O)CC[C@@H]3CCN(CC#Cc4ccncn4)C[C@@H]3CC(=O)O)c2c1. The number of hydrogen-bond donors (Lipinski definition) is 2. The number of nitrogens with zero attached hydrogens (tertiary/aromatic N) is 4. The van der Waals surface area contributed by atoms with Crippen molar-refractivity contribution in [3.8, 4) is 17.6 Å². The third-order valence-corrected chi connectivity index (χ3v) is 6.67. The summed E-state index contributed by atoms with van der Waals surface area (Å²) in [5.41, 5.74) is 2.30. The number of hydrogen-bond acceptors (Lipinski definition) is 7. The van der Waals surface area contributed by atoms with Gasteiger partial charge in [0, 0.05) is 30.7 Å². The molecule has 1 aromatic carbocycles. The van der Waals surface area contributed by atoms with Crippen LogP contribution in [-0.4, -0.2) is 62.8 Å². The van der Waals surface area contributed by atoms with Gasteiger partial charge in [-0.2, -0.15) is 0 Å². The summed E-state index contributed by atoms with van der Waals surface area (Å²) in [4.78, 5) is 26.1. The largest absolute Gasteiger partial charge is 0.497 e. The van der Waals surface area contributed by atoms with Gasteiger partial charge in [-0.3, -0.25) is 14.7 Å². The molecule has 0 saturated carbocycles. The summed E-state index contributed by atoms with van der Waals surface area (Å²) in [5, 5.41) is 21.4. The number of fused-ring (bicyclic) bond motifs is 1. The van der Waals surface area contributed by atoms with Gasteiger partial charge < -0.3 is 14.9 Å². The molecule has 0 bridgehead atoms. The summed E-state index contributed by atoms with van der Waals surface area (Å²) in [6, 6.07) is 9.25. The van der Waals surface area contributed by atoms with Gasteiger partial charge in [-0.1, -0.05) is 5.92 Å². The van der Waals surface area contributed by atoms with Gasteiger partial charge in [-0.05, 0) is 79.5 Å². The Morgan fingerprint density at radius 1 is 1.23 bits per heavy atom. The lowest BCUT2D eigenvalue weighted by Crippen LogP contribution is -2.41. The molecule has 1 aliphatic heterocycles. The van der Waals surface area contributed by atoms with E-state index in [0.29, 0.717) is 25.2 Å². The van der Waals surface area contributed by atoms with Crippen molar-refractivity contribution in [2.24, 2.45) is 11.8 Å². The van der Waals surface area contributed by atoms with Gasteiger partial charge in [0.2, 0.25) is 0 Å². The van der Waals surface area contributed by atoms with Gasteiger partial charge in [0.05, 0.1) is 25.3 Å². The fraction of sp³-hybridized carbons (Fsp3) is 0.407. The zero-order valence-corrected chi connectivity index (χ0v) is 19.8. The quantitative estimate of drug-likeness (QED) is 0.479. The number of aliphatic hydroxyl groups is 1. The number of aromatic nitrogens is 3. The Morgan fingerprint density at radius 2 is 2.11 bits per heavy atom. The van der Waals surface area contributed by atoms with Crippen molar-refractivity contribution in [3.05, 3.63) is 60.3 Å². The van der Waals surface area contributed by atoms with Gasteiger partial charge in [-0.15, -0.1) is 0 Å². The molecular formula is C27H30N4O4. The summed E-state index contributed by atoms with van der Waals surface area (Å²) < 4.78 is 5.34. The first kappa shape index (κ1) is 24.6. The van der Waals surface area contributed by atoms with Gasteiger partial charge >= 0.3 is 5.97 Å². The third kappa shape index (κ3) is 6.53. The Balaban J connectivity index is 1.39. The molecule has 3 heterocycles. The molecule has 1 aliphatic rings. The Morgan fingerprint density at radius 3 is 2.89 bits per heavy atom. The number of aliphatic hydroxyl groups excluding tert-OH is 1. The number of carboxylic acid groups (broad SMARTS) is 1. The lowest BCUT2D eigenvalue weighted by Gasteiger charge is -2.37. The first-order valence-electron chi connectivity index (χ1n) is 11.8. The molecule has 4 rings (SSSR count). The fourth-order valence-electron chi connectivity index (χ4n) is 4.83. The molecular weight excluding hydrogens is 444 g/mol. The number of piperidine rings is 1. The van der Waals surface area contributed by atoms with Gasteiger partial charge in [0.15, 0.2) is 0 Å². The minimum atomic E-state index is -0.790. The van der Waals surface area contributed by atoms with E-state index in [-0.39, 0.29) is 18.3 Å². The summed E-state index contributed by atoms with van der Waals surface area (Å²) in [6.07, 6.45) is 6.49. The second-order valence-electron chi connectivity index (χ2n) is 8.91. The lowest BCUT2D eigenvalue weighted by molar-refractivity contribution is -0.139. The molecule has 1 saturated heterocycles. The van der Waals surface area contributed by atoms with Crippen LogP contribution in [0.3, 0.4) is 0 Å². The maximum atomic E-state index is 11.6. The van der Waals surface area contributed by atoms with Crippen LogP contribution in [0.2, 0.25) is 0 Å². The van der Waals surface area contributed by atoms with E-state index in [1.54, 1.807) is 25.6 Å². The van der Waals surface area contributed by atoms with E-state index < -0.39 is 12.1 Å². The van der Waals surface area contributed by atoms with Crippen LogP contribution in [0, 0.1) is 23.7 Å². The van der Waals surface area contributed by atoms with Crippen LogP contribution in [0.4, 0.5) is 0 Å². The van der Waals surface area contributed by atoms with Crippen molar-refractivity contribution in [2.75, 3.05) is 26.7 Å². The average molecular weight is 475 g/mol. The minimum Gasteiger partial charge on any atom is -0.497 e. The Kier molecular flexibility index (Phi) is 8.24. The van der Waals surface area contributed by atoms with Crippen LogP contribution in [-0.2, 0) is 4.79 Å². The van der Waals surface area contributed by atoms with Crippen LogP contribution in [0.5, 0.6) is 5.75 Å². The van der Waals surface area contributed by atoms with Gasteiger partial charge in [0.25, 0.3) is 0 Å². The van der Waals surface area contributed by atoms with Crippen LogP contribution in [0.15, 0.2) is 49.1 Å². The number of pyridine rings is 1. The monoisotopic (exact) mass is 474 g/mol. The molecule has 0 amide bonds. The number of carboxylic acids is 1. The normalized spacial score (nSPS) is 19.0. The highest BCUT2D eigenvalue weighted by atomic mass is 16.5. The number of carbonyl (C=O) groups is 1. The molecule has 182 valence electrons. The molecule has 35 heavy (non-hydrogen) atoms. The molecule has 2 N–H and O–H groups in total. The molecule has 1 fully saturated rings. The molecule has 8 nitrogen and oxygen atoms in total. The summed E-state index contributed by atoms with van der Waals surface area (Å²) in [7, 11) is 1.62. The van der Waals surface area contributed by atoms with Gasteiger partial charge in [0.1, 0.15) is 17.8 Å². The number of methoxy groups -OCH3 is 1. The Bertz CT molecular complexity index is 1210. The summed E-state index contributed by atoms with van der Waals surface area (Å²) in [5.74, 6) is 6.35. The second kappa shape index (κ2) is 11.7. The zero-order chi connectivity index (χ0) is 24.6. The van der Waals surface area contributed by atoms with E-state index in [1.807, 2.05) is 24.3 Å². The van der Waals surface area contributed by atoms with Crippen molar-refractivity contribution < 1.29 is 19.7 Å². The van der Waals surface area contributed by atoms with Crippen LogP contribution in [0.25, 0.3) is 10.9 Å². The van der Waals surface area contributed by atoms with Crippen LogP contribution in [0.1, 0.15) is 43.0 Å². The number of benzene rings is 1. The smallest absolute Gasteiger partial charge is 0.303 e. The van der Waals surface area contributed by atoms with E-state index in [4.69, 9.17) is 4.74 Å². The van der Waals surface area contributed by atoms with Crippen molar-refractivity contribution in [2.45, 2.75) is 31.8 Å². The molecule has 3 aromatic rings. The highest BCUT2D eigenvalue weighted by Gasteiger charge is 2.31. The first-order valence-corrected chi connectivity index (χ1v) is 11.8. The Labute approximate surface area is 205 Å². The predicted octanol–water partition coefficient (Wildman–Crippen LogP) is 3.31. The van der Waals surface area contributed by atoms with Crippen molar-refractivity contribution >= 4 is 16.9 Å². The number of rotatable bonds is 8. The topological polar surface area (TPSA) is 109 Å². The molecule has 8 heteroatoms. The number of ether oxygens (including phenoxy) is 1. The highest BCUT2D eigenvalue weighted by molar-refractivity contribution is 5.83. The molecule has 0 aliphatic carbocycles. The minimum absolute atomic E-state index is 0.0172. The third-order valence-electron chi connectivity index (χ3n) is 6.67.